The number of phenolic OH excluding ortho intramolecular Hbond substituents is 2. The Morgan fingerprint density at radius 1 is 1.11 bits per heavy atom. The third-order valence-corrected chi connectivity index (χ3v) is 7.08. The largest absolute Gasteiger partial charge is 0.507 e. The molecule has 3 aliphatic rings. The highest BCUT2D eigenvalue weighted by atomic mass is 16.5. The van der Waals surface area contributed by atoms with E-state index in [1.54, 1.807) is 12.1 Å². The van der Waals surface area contributed by atoms with Gasteiger partial charge in [-0.1, -0.05) is 24.3 Å². The number of hydrogen-bond donors (Lipinski definition) is 4. The normalized spacial score (nSPS) is 23.5. The van der Waals surface area contributed by atoms with Crippen LogP contribution in [0.15, 0.2) is 30.4 Å². The van der Waals surface area contributed by atoms with Crippen molar-refractivity contribution in [2.45, 2.75) is 37.9 Å². The van der Waals surface area contributed by atoms with Crippen LogP contribution in [0.3, 0.4) is 0 Å². The van der Waals surface area contributed by atoms with E-state index in [0.29, 0.717) is 6.54 Å². The summed E-state index contributed by atoms with van der Waals surface area (Å²) in [5.41, 5.74) is -3.15. The smallest absolute Gasteiger partial charge is 0.202 e. The number of nitrogens with zero attached hydrogens (tertiary/aromatic N) is 1. The Bertz CT molecular complexity index is 1310. The first kappa shape index (κ1) is 23.2. The standard InChI is InChI=1S/C26H25NO8/c1-13(28)26(34)10-15-18(16(29)11-26)24(32)21-20(23(15)31)22(30)14-6-5-7-17(19(14)25(21)33)35-12-27-8-3-2-4-9-27/h2-3,5-7,16,29,31-32,34H,4,8-12H2,1H3. The van der Waals surface area contributed by atoms with Gasteiger partial charge >= 0.3 is 0 Å². The lowest BCUT2D eigenvalue weighted by molar-refractivity contribution is -0.139. The Morgan fingerprint density at radius 3 is 2.54 bits per heavy atom. The predicted octanol–water partition coefficient (Wildman–Crippen LogP) is 1.77. The third kappa shape index (κ3) is 3.54. The number of ether oxygens (including phenoxy) is 1. The molecule has 5 rings (SSSR count). The number of ketones is 3. The van der Waals surface area contributed by atoms with Crippen molar-refractivity contribution >= 4 is 17.3 Å². The molecule has 9 heteroatoms. The van der Waals surface area contributed by atoms with E-state index in [2.05, 4.69) is 6.08 Å². The summed E-state index contributed by atoms with van der Waals surface area (Å²) in [4.78, 5) is 41.1. The molecule has 35 heavy (non-hydrogen) atoms. The lowest BCUT2D eigenvalue weighted by Gasteiger charge is -2.36. The fourth-order valence-electron chi connectivity index (χ4n) is 5.13. The van der Waals surface area contributed by atoms with Crippen LogP contribution in [0.1, 0.15) is 68.8 Å². The maximum Gasteiger partial charge on any atom is 0.202 e. The molecule has 2 aliphatic carbocycles. The Kier molecular flexibility index (Phi) is 5.51. The lowest BCUT2D eigenvalue weighted by Crippen LogP contribution is -2.44. The number of aliphatic hydroxyl groups is 2. The molecule has 0 saturated heterocycles. The van der Waals surface area contributed by atoms with Crippen LogP contribution in [0, 0.1) is 0 Å². The van der Waals surface area contributed by atoms with Crippen molar-refractivity contribution in [3.8, 4) is 17.2 Å². The van der Waals surface area contributed by atoms with Crippen molar-refractivity contribution in [3.05, 3.63) is 63.7 Å². The molecule has 0 saturated carbocycles. The lowest BCUT2D eigenvalue weighted by atomic mass is 9.72. The maximum absolute atomic E-state index is 13.6. The van der Waals surface area contributed by atoms with Crippen LogP contribution in [-0.4, -0.2) is 68.1 Å². The summed E-state index contributed by atoms with van der Waals surface area (Å²) < 4.78 is 5.89. The molecule has 182 valence electrons. The van der Waals surface area contributed by atoms with Gasteiger partial charge in [-0.3, -0.25) is 19.3 Å². The van der Waals surface area contributed by atoms with Gasteiger partial charge in [0.25, 0.3) is 0 Å². The molecule has 4 N–H and O–H groups in total. The van der Waals surface area contributed by atoms with Gasteiger partial charge in [-0.15, -0.1) is 0 Å². The second kappa shape index (κ2) is 8.30. The van der Waals surface area contributed by atoms with Gasteiger partial charge in [0, 0.05) is 42.6 Å². The number of rotatable bonds is 4. The highest BCUT2D eigenvalue weighted by Crippen LogP contribution is 2.51. The number of aliphatic hydroxyl groups excluding tert-OH is 1. The minimum atomic E-state index is -1.98. The van der Waals surface area contributed by atoms with Crippen LogP contribution in [-0.2, 0) is 11.2 Å². The quantitative estimate of drug-likeness (QED) is 0.325. The fraction of sp³-hybridized carbons (Fsp3) is 0.346. The zero-order valence-corrected chi connectivity index (χ0v) is 19.1. The summed E-state index contributed by atoms with van der Waals surface area (Å²) in [7, 11) is 0. The molecule has 0 bridgehead atoms. The molecular weight excluding hydrogens is 454 g/mol. The maximum atomic E-state index is 13.6. The number of aromatic hydroxyl groups is 2. The molecule has 0 amide bonds. The van der Waals surface area contributed by atoms with E-state index in [-0.39, 0.29) is 34.7 Å². The average Bonchev–Trinajstić information content (AvgIpc) is 2.83. The van der Waals surface area contributed by atoms with Crippen LogP contribution in [0.5, 0.6) is 17.2 Å². The number of benzene rings is 2. The number of hydrogen-bond acceptors (Lipinski definition) is 9. The minimum Gasteiger partial charge on any atom is -0.507 e. The second-order valence-corrected chi connectivity index (χ2v) is 9.27. The zero-order chi connectivity index (χ0) is 25.1. The monoisotopic (exact) mass is 479 g/mol. The SMILES string of the molecule is CC(=O)C1(O)Cc2c(O)c3c(c(O)c2C(O)C1)C(=O)c1c(OCN2CC=CCC2)cccc1C3=O. The molecule has 2 aromatic rings. The van der Waals surface area contributed by atoms with Crippen LogP contribution in [0.2, 0.25) is 0 Å². The Hall–Kier alpha value is -3.53. The summed E-state index contributed by atoms with van der Waals surface area (Å²) >= 11 is 0. The zero-order valence-electron chi connectivity index (χ0n) is 19.1. The molecule has 0 spiro atoms. The number of fused-ring (bicyclic) bond motifs is 3. The summed E-state index contributed by atoms with van der Waals surface area (Å²) in [5, 5.41) is 43.4. The molecule has 2 aromatic carbocycles. The summed E-state index contributed by atoms with van der Waals surface area (Å²) in [6, 6.07) is 4.56. The van der Waals surface area contributed by atoms with E-state index in [1.807, 2.05) is 11.0 Å². The fourth-order valence-corrected chi connectivity index (χ4v) is 5.13. The molecular formula is C26H25NO8. The summed E-state index contributed by atoms with van der Waals surface area (Å²) in [6.45, 7) is 2.82. The van der Waals surface area contributed by atoms with E-state index >= 15 is 0 Å². The summed E-state index contributed by atoms with van der Waals surface area (Å²) in [6.07, 6.45) is 2.59. The van der Waals surface area contributed by atoms with E-state index in [0.717, 1.165) is 19.9 Å². The highest BCUT2D eigenvalue weighted by molar-refractivity contribution is 6.31. The van der Waals surface area contributed by atoms with Crippen molar-refractivity contribution in [2.75, 3.05) is 19.8 Å². The van der Waals surface area contributed by atoms with Gasteiger partial charge in [0.1, 0.15) is 29.6 Å². The van der Waals surface area contributed by atoms with Crippen molar-refractivity contribution < 1.29 is 39.5 Å². The molecule has 1 heterocycles. The Balaban J connectivity index is 1.61. The van der Waals surface area contributed by atoms with E-state index < -0.39 is 64.5 Å². The van der Waals surface area contributed by atoms with Crippen LogP contribution >= 0.6 is 0 Å². The van der Waals surface area contributed by atoms with Gasteiger partial charge < -0.3 is 25.2 Å². The van der Waals surface area contributed by atoms with Gasteiger partial charge in [0.2, 0.25) is 5.78 Å². The van der Waals surface area contributed by atoms with Crippen LogP contribution in [0.25, 0.3) is 0 Å². The van der Waals surface area contributed by atoms with Crippen LogP contribution in [0.4, 0.5) is 0 Å². The molecule has 0 aromatic heterocycles. The van der Waals surface area contributed by atoms with Crippen molar-refractivity contribution in [1.82, 2.24) is 4.90 Å². The molecule has 9 nitrogen and oxygen atoms in total. The minimum absolute atomic E-state index is 0.00591. The van der Waals surface area contributed by atoms with Crippen LogP contribution < -0.4 is 4.74 Å². The second-order valence-electron chi connectivity index (χ2n) is 9.27. The molecule has 1 aliphatic heterocycles. The van der Waals surface area contributed by atoms with Gasteiger partial charge in [-0.05, 0) is 19.4 Å². The van der Waals surface area contributed by atoms with Crippen molar-refractivity contribution in [2.24, 2.45) is 0 Å². The Labute approximate surface area is 200 Å². The number of carbonyl (C=O) groups excluding carboxylic acids is 3. The van der Waals surface area contributed by atoms with Crippen molar-refractivity contribution in [1.29, 1.82) is 0 Å². The van der Waals surface area contributed by atoms with Gasteiger partial charge in [-0.25, -0.2) is 0 Å². The first-order chi connectivity index (χ1) is 16.6. The van der Waals surface area contributed by atoms with Gasteiger partial charge in [0.15, 0.2) is 11.6 Å². The number of Topliss-reactive ketones (excluding diaryl/α,β-unsaturated/α-hetero) is 1. The first-order valence-corrected chi connectivity index (χ1v) is 11.4. The van der Waals surface area contributed by atoms with E-state index in [1.165, 1.54) is 6.07 Å². The third-order valence-electron chi connectivity index (χ3n) is 7.08. The van der Waals surface area contributed by atoms with E-state index in [4.69, 9.17) is 4.74 Å². The number of phenols is 2. The molecule has 0 radical (unpaired) electrons. The summed E-state index contributed by atoms with van der Waals surface area (Å²) in [5.74, 6) is -3.17. The van der Waals surface area contributed by atoms with Crippen molar-refractivity contribution in [3.63, 3.8) is 0 Å². The molecule has 2 unspecified atom stereocenters. The Morgan fingerprint density at radius 2 is 1.86 bits per heavy atom. The topological polar surface area (TPSA) is 145 Å². The average molecular weight is 479 g/mol. The molecule has 0 fully saturated rings. The predicted molar refractivity (Wildman–Crippen MR) is 123 cm³/mol. The molecule has 2 atom stereocenters. The van der Waals surface area contributed by atoms with E-state index in [9.17, 15) is 34.8 Å². The number of carbonyl (C=O) groups is 3. The first-order valence-electron chi connectivity index (χ1n) is 11.4. The van der Waals surface area contributed by atoms with Gasteiger partial charge in [-0.2, -0.15) is 0 Å². The van der Waals surface area contributed by atoms with Gasteiger partial charge in [0.05, 0.1) is 22.8 Å². The highest BCUT2D eigenvalue weighted by Gasteiger charge is 2.47.